The third-order valence-corrected chi connectivity index (χ3v) is 7.47. The van der Waals surface area contributed by atoms with E-state index in [2.05, 4.69) is 57.6 Å². The molecule has 2 aromatic rings. The fraction of sp³-hybridized carbons (Fsp3) is 0.600. The molecule has 0 unspecified atom stereocenters. The molecule has 0 radical (unpaired) electrons. The monoisotopic (exact) mass is 406 g/mol. The van der Waals surface area contributed by atoms with Crippen molar-refractivity contribution >= 4 is 0 Å². The summed E-state index contributed by atoms with van der Waals surface area (Å²) in [6.07, 6.45) is 8.35. The standard InChI is InChI=1S/C25H34N4O/c1-3-18-7-9-22(26-12-18)17-27(2)15-20-8-10-24-21-11-19(14-29(24)25(20)30)13-28(16-21)23-5-4-6-23/h7-10,12,19,21,23H,3-6,11,13-17H2,1-2H3/t19-,21+/m0/s1. The summed E-state index contributed by atoms with van der Waals surface area (Å²) >= 11 is 0. The van der Waals surface area contributed by atoms with Gasteiger partial charge >= 0.3 is 0 Å². The topological polar surface area (TPSA) is 41.4 Å². The van der Waals surface area contributed by atoms with Crippen LogP contribution in [0.4, 0.5) is 0 Å². The van der Waals surface area contributed by atoms with Gasteiger partial charge in [0.25, 0.3) is 5.56 Å². The Morgan fingerprint density at radius 1 is 1.10 bits per heavy atom. The molecule has 2 atom stereocenters. The highest BCUT2D eigenvalue weighted by atomic mass is 16.1. The van der Waals surface area contributed by atoms with Crippen LogP contribution in [-0.2, 0) is 26.1 Å². The van der Waals surface area contributed by atoms with Crippen molar-refractivity contribution in [3.63, 3.8) is 0 Å². The summed E-state index contributed by atoms with van der Waals surface area (Å²) < 4.78 is 2.11. The van der Waals surface area contributed by atoms with Crippen LogP contribution in [0.1, 0.15) is 61.0 Å². The minimum atomic E-state index is 0.223. The van der Waals surface area contributed by atoms with Gasteiger partial charge in [0.2, 0.25) is 0 Å². The molecule has 1 saturated heterocycles. The first-order valence-corrected chi connectivity index (χ1v) is 11.7. The molecule has 2 aliphatic heterocycles. The Bertz CT molecular complexity index is 947. The van der Waals surface area contributed by atoms with Crippen LogP contribution in [0, 0.1) is 5.92 Å². The van der Waals surface area contributed by atoms with Gasteiger partial charge in [-0.15, -0.1) is 0 Å². The maximum Gasteiger partial charge on any atom is 0.255 e. The minimum absolute atomic E-state index is 0.223. The first-order chi connectivity index (χ1) is 14.6. The van der Waals surface area contributed by atoms with Gasteiger partial charge in [-0.1, -0.05) is 25.5 Å². The summed E-state index contributed by atoms with van der Waals surface area (Å²) in [6.45, 7) is 6.78. The van der Waals surface area contributed by atoms with Crippen LogP contribution >= 0.6 is 0 Å². The lowest BCUT2D eigenvalue weighted by Crippen LogP contribution is -2.52. The molecule has 1 aliphatic carbocycles. The maximum absolute atomic E-state index is 13.3. The molecule has 5 heteroatoms. The van der Waals surface area contributed by atoms with Crippen LogP contribution < -0.4 is 5.56 Å². The van der Waals surface area contributed by atoms with Crippen molar-refractivity contribution in [2.24, 2.45) is 5.92 Å². The van der Waals surface area contributed by atoms with E-state index in [1.54, 1.807) is 0 Å². The SMILES string of the molecule is CCc1ccc(CN(C)Cc2ccc3n(c2=O)C[C@H]2C[C@@H]3CN(C3CCC3)C2)nc1. The molecule has 3 aliphatic rings. The zero-order valence-electron chi connectivity index (χ0n) is 18.4. The molecule has 0 aromatic carbocycles. The van der Waals surface area contributed by atoms with Crippen LogP contribution in [0.3, 0.4) is 0 Å². The van der Waals surface area contributed by atoms with Gasteiger partial charge in [-0.05, 0) is 56.3 Å². The molecule has 2 fully saturated rings. The molecule has 4 heterocycles. The molecule has 2 bridgehead atoms. The lowest BCUT2D eigenvalue weighted by atomic mass is 9.80. The fourth-order valence-corrected chi connectivity index (χ4v) is 5.58. The summed E-state index contributed by atoms with van der Waals surface area (Å²) in [6, 6.07) is 9.38. The van der Waals surface area contributed by atoms with E-state index in [4.69, 9.17) is 0 Å². The van der Waals surface area contributed by atoms with E-state index in [-0.39, 0.29) is 5.56 Å². The lowest BCUT2D eigenvalue weighted by Gasteiger charge is -2.48. The highest BCUT2D eigenvalue weighted by Crippen LogP contribution is 2.38. The van der Waals surface area contributed by atoms with E-state index in [0.29, 0.717) is 18.4 Å². The summed E-state index contributed by atoms with van der Waals surface area (Å²) in [4.78, 5) is 22.8. The van der Waals surface area contributed by atoms with Crippen LogP contribution in [0.5, 0.6) is 0 Å². The number of rotatable bonds is 6. The van der Waals surface area contributed by atoms with Crippen LogP contribution in [0.25, 0.3) is 0 Å². The number of likely N-dealkylation sites (tertiary alicyclic amines) is 1. The summed E-state index contributed by atoms with van der Waals surface area (Å²) in [5, 5.41) is 0. The smallest absolute Gasteiger partial charge is 0.255 e. The zero-order valence-corrected chi connectivity index (χ0v) is 18.4. The van der Waals surface area contributed by atoms with Crippen molar-refractivity contribution < 1.29 is 0 Å². The second kappa shape index (κ2) is 8.27. The third-order valence-electron chi connectivity index (χ3n) is 7.47. The molecular weight excluding hydrogens is 372 g/mol. The molecular formula is C25H34N4O. The Morgan fingerprint density at radius 2 is 1.97 bits per heavy atom. The first-order valence-electron chi connectivity index (χ1n) is 11.7. The molecule has 5 nitrogen and oxygen atoms in total. The maximum atomic E-state index is 13.3. The molecule has 0 amide bonds. The van der Waals surface area contributed by atoms with Gasteiger partial charge in [0, 0.05) is 62.1 Å². The minimum Gasteiger partial charge on any atom is -0.312 e. The van der Waals surface area contributed by atoms with E-state index < -0.39 is 0 Å². The number of piperidine rings is 1. The van der Waals surface area contributed by atoms with Crippen molar-refractivity contribution in [1.82, 2.24) is 19.4 Å². The molecule has 0 N–H and O–H groups in total. The quantitative estimate of drug-likeness (QED) is 0.737. The van der Waals surface area contributed by atoms with Crippen molar-refractivity contribution in [2.75, 3.05) is 20.1 Å². The van der Waals surface area contributed by atoms with E-state index in [9.17, 15) is 4.79 Å². The zero-order chi connectivity index (χ0) is 20.7. The normalized spacial score (nSPS) is 24.0. The Balaban J connectivity index is 1.29. The summed E-state index contributed by atoms with van der Waals surface area (Å²) in [5.74, 6) is 1.16. The second-order valence-electron chi connectivity index (χ2n) is 9.72. The number of hydrogen-bond donors (Lipinski definition) is 0. The van der Waals surface area contributed by atoms with E-state index in [1.807, 2.05) is 6.20 Å². The van der Waals surface area contributed by atoms with Crippen molar-refractivity contribution in [2.45, 2.75) is 70.6 Å². The summed E-state index contributed by atoms with van der Waals surface area (Å²) in [7, 11) is 2.07. The van der Waals surface area contributed by atoms with Gasteiger partial charge in [-0.25, -0.2) is 0 Å². The Hall–Kier alpha value is -1.98. The highest BCUT2D eigenvalue weighted by Gasteiger charge is 2.38. The van der Waals surface area contributed by atoms with Gasteiger partial charge in [0.1, 0.15) is 0 Å². The highest BCUT2D eigenvalue weighted by molar-refractivity contribution is 5.23. The average molecular weight is 407 g/mol. The van der Waals surface area contributed by atoms with Gasteiger partial charge in [-0.3, -0.25) is 19.6 Å². The Kier molecular flexibility index (Phi) is 5.50. The third kappa shape index (κ3) is 3.85. The van der Waals surface area contributed by atoms with Gasteiger partial charge in [0.15, 0.2) is 0 Å². The molecule has 5 rings (SSSR count). The fourth-order valence-electron chi connectivity index (χ4n) is 5.58. The Morgan fingerprint density at radius 3 is 2.67 bits per heavy atom. The van der Waals surface area contributed by atoms with Crippen LogP contribution in [0.15, 0.2) is 35.3 Å². The second-order valence-corrected chi connectivity index (χ2v) is 9.72. The molecule has 2 aromatic heterocycles. The van der Waals surface area contributed by atoms with Crippen molar-refractivity contribution in [3.05, 3.63) is 63.3 Å². The number of hydrogen-bond acceptors (Lipinski definition) is 4. The van der Waals surface area contributed by atoms with Gasteiger partial charge in [-0.2, -0.15) is 0 Å². The Labute approximate surface area is 179 Å². The van der Waals surface area contributed by atoms with Crippen molar-refractivity contribution in [3.8, 4) is 0 Å². The van der Waals surface area contributed by atoms with E-state index >= 15 is 0 Å². The molecule has 0 spiro atoms. The number of fused-ring (bicyclic) bond motifs is 4. The van der Waals surface area contributed by atoms with E-state index in [0.717, 1.165) is 43.4 Å². The summed E-state index contributed by atoms with van der Waals surface area (Å²) in [5.41, 5.74) is 4.71. The number of aryl methyl sites for hydroxylation is 1. The average Bonchev–Trinajstić information content (AvgIpc) is 2.70. The molecule has 1 saturated carbocycles. The number of nitrogens with zero attached hydrogens (tertiary/aromatic N) is 4. The molecule has 160 valence electrons. The first kappa shape index (κ1) is 20.0. The predicted octanol–water partition coefficient (Wildman–Crippen LogP) is 3.41. The molecule has 30 heavy (non-hydrogen) atoms. The lowest BCUT2D eigenvalue weighted by molar-refractivity contribution is 0.0475. The van der Waals surface area contributed by atoms with Gasteiger partial charge in [0.05, 0.1) is 5.69 Å². The largest absolute Gasteiger partial charge is 0.312 e. The van der Waals surface area contributed by atoms with E-state index in [1.165, 1.54) is 43.5 Å². The number of aromatic nitrogens is 2. The van der Waals surface area contributed by atoms with Gasteiger partial charge < -0.3 is 4.57 Å². The van der Waals surface area contributed by atoms with Crippen LogP contribution in [-0.4, -0.2) is 45.5 Å². The number of pyridine rings is 2. The van der Waals surface area contributed by atoms with Crippen molar-refractivity contribution in [1.29, 1.82) is 0 Å². The predicted molar refractivity (Wildman–Crippen MR) is 120 cm³/mol. The van der Waals surface area contributed by atoms with Crippen LogP contribution in [0.2, 0.25) is 0 Å².